The number of pyridine rings is 1. The molecule has 3 heteroatoms. The number of hydrogen-bond acceptors (Lipinski definition) is 3. The third-order valence-corrected chi connectivity index (χ3v) is 2.98. The largest absolute Gasteiger partial charge is 0.360 e. The van der Waals surface area contributed by atoms with Crippen molar-refractivity contribution in [2.24, 2.45) is 5.92 Å². The molecule has 0 spiro atoms. The molecule has 1 fully saturated rings. The van der Waals surface area contributed by atoms with Crippen molar-refractivity contribution in [2.45, 2.75) is 19.4 Å². The van der Waals surface area contributed by atoms with Crippen molar-refractivity contribution < 1.29 is 0 Å². The minimum Gasteiger partial charge on any atom is -0.360 e. The van der Waals surface area contributed by atoms with Crippen LogP contribution < -0.4 is 10.2 Å². The SMILES string of the molecule is C#CCN(CC1CC1)c1ccnc(CNC)c1. The molecule has 0 saturated heterocycles. The van der Waals surface area contributed by atoms with Crippen molar-refractivity contribution in [1.82, 2.24) is 10.3 Å². The fourth-order valence-corrected chi connectivity index (χ4v) is 1.92. The zero-order valence-electron chi connectivity index (χ0n) is 10.3. The van der Waals surface area contributed by atoms with Gasteiger partial charge in [0.25, 0.3) is 0 Å². The van der Waals surface area contributed by atoms with Gasteiger partial charge in [0.05, 0.1) is 12.2 Å². The predicted octanol–water partition coefficient (Wildman–Crippen LogP) is 1.65. The highest BCUT2D eigenvalue weighted by atomic mass is 15.1. The quantitative estimate of drug-likeness (QED) is 0.752. The fraction of sp³-hybridized carbons (Fsp3) is 0.500. The molecule has 1 aromatic heterocycles. The smallest absolute Gasteiger partial charge is 0.0791 e. The number of nitrogens with zero attached hydrogens (tertiary/aromatic N) is 2. The first-order valence-electron chi connectivity index (χ1n) is 6.11. The van der Waals surface area contributed by atoms with E-state index >= 15 is 0 Å². The van der Waals surface area contributed by atoms with E-state index in [9.17, 15) is 0 Å². The summed E-state index contributed by atoms with van der Waals surface area (Å²) in [6.07, 6.45) is 9.99. The third kappa shape index (κ3) is 3.47. The number of rotatable bonds is 6. The zero-order chi connectivity index (χ0) is 12.1. The summed E-state index contributed by atoms with van der Waals surface area (Å²) in [5.74, 6) is 3.58. The molecule has 3 nitrogen and oxygen atoms in total. The lowest BCUT2D eigenvalue weighted by molar-refractivity contribution is 0.757. The first-order valence-corrected chi connectivity index (χ1v) is 6.11. The highest BCUT2D eigenvalue weighted by Gasteiger charge is 2.24. The van der Waals surface area contributed by atoms with Gasteiger partial charge in [-0.2, -0.15) is 0 Å². The molecule has 0 bridgehead atoms. The van der Waals surface area contributed by atoms with Crippen molar-refractivity contribution >= 4 is 5.69 Å². The van der Waals surface area contributed by atoms with E-state index in [1.807, 2.05) is 19.3 Å². The fourth-order valence-electron chi connectivity index (χ4n) is 1.92. The molecule has 1 aliphatic carbocycles. The predicted molar refractivity (Wildman–Crippen MR) is 70.8 cm³/mol. The van der Waals surface area contributed by atoms with Crippen LogP contribution in [0.4, 0.5) is 5.69 Å². The van der Waals surface area contributed by atoms with E-state index in [-0.39, 0.29) is 0 Å². The molecule has 0 radical (unpaired) electrons. The van der Waals surface area contributed by atoms with Crippen molar-refractivity contribution in [1.29, 1.82) is 0 Å². The molecule has 1 N–H and O–H groups in total. The van der Waals surface area contributed by atoms with E-state index in [2.05, 4.69) is 27.2 Å². The van der Waals surface area contributed by atoms with Gasteiger partial charge in [0.2, 0.25) is 0 Å². The molecule has 90 valence electrons. The minimum absolute atomic E-state index is 0.680. The molecule has 0 amide bonds. The Kier molecular flexibility index (Phi) is 4.00. The lowest BCUT2D eigenvalue weighted by Crippen LogP contribution is -2.26. The number of aromatic nitrogens is 1. The summed E-state index contributed by atoms with van der Waals surface area (Å²) in [4.78, 5) is 6.60. The molecule has 1 aliphatic rings. The summed E-state index contributed by atoms with van der Waals surface area (Å²) in [5.41, 5.74) is 2.25. The Balaban J connectivity index is 2.10. The highest BCUT2D eigenvalue weighted by molar-refractivity contribution is 5.48. The van der Waals surface area contributed by atoms with Gasteiger partial charge < -0.3 is 10.2 Å². The average molecular weight is 229 g/mol. The van der Waals surface area contributed by atoms with Crippen LogP contribution in [-0.2, 0) is 6.54 Å². The Morgan fingerprint density at radius 2 is 2.41 bits per heavy atom. The van der Waals surface area contributed by atoms with Crippen LogP contribution in [0.3, 0.4) is 0 Å². The number of hydrogen-bond donors (Lipinski definition) is 1. The van der Waals surface area contributed by atoms with E-state index in [0.29, 0.717) is 6.54 Å². The molecular formula is C14H19N3. The van der Waals surface area contributed by atoms with Crippen molar-refractivity contribution in [3.05, 3.63) is 24.0 Å². The monoisotopic (exact) mass is 229 g/mol. The van der Waals surface area contributed by atoms with E-state index in [4.69, 9.17) is 6.42 Å². The number of nitrogens with one attached hydrogen (secondary N) is 1. The Hall–Kier alpha value is -1.53. The van der Waals surface area contributed by atoms with Gasteiger partial charge in [0, 0.05) is 25.0 Å². The molecule has 17 heavy (non-hydrogen) atoms. The van der Waals surface area contributed by atoms with Gasteiger partial charge in [-0.1, -0.05) is 5.92 Å². The summed E-state index contributed by atoms with van der Waals surface area (Å²) < 4.78 is 0. The van der Waals surface area contributed by atoms with Gasteiger partial charge in [-0.15, -0.1) is 6.42 Å². The van der Waals surface area contributed by atoms with Crippen LogP contribution in [0.25, 0.3) is 0 Å². The molecule has 1 saturated carbocycles. The summed E-state index contributed by atoms with van der Waals surface area (Å²) in [6, 6.07) is 4.16. The summed E-state index contributed by atoms with van der Waals surface area (Å²) >= 11 is 0. The average Bonchev–Trinajstić information content (AvgIpc) is 3.13. The molecule has 0 atom stereocenters. The van der Waals surface area contributed by atoms with E-state index in [1.165, 1.54) is 18.5 Å². The lowest BCUT2D eigenvalue weighted by Gasteiger charge is -2.22. The second kappa shape index (κ2) is 5.70. The van der Waals surface area contributed by atoms with Gasteiger partial charge >= 0.3 is 0 Å². The Morgan fingerprint density at radius 1 is 1.59 bits per heavy atom. The summed E-state index contributed by atoms with van der Waals surface area (Å²) in [5, 5.41) is 3.11. The maximum absolute atomic E-state index is 5.44. The minimum atomic E-state index is 0.680. The van der Waals surface area contributed by atoms with Gasteiger partial charge in [-0.05, 0) is 37.9 Å². The molecule has 2 rings (SSSR count). The van der Waals surface area contributed by atoms with Crippen LogP contribution in [0.5, 0.6) is 0 Å². The maximum atomic E-state index is 5.44. The second-order valence-corrected chi connectivity index (χ2v) is 4.56. The lowest BCUT2D eigenvalue weighted by atomic mass is 10.2. The summed E-state index contributed by atoms with van der Waals surface area (Å²) in [7, 11) is 1.93. The van der Waals surface area contributed by atoms with Crippen molar-refractivity contribution in [2.75, 3.05) is 25.0 Å². The van der Waals surface area contributed by atoms with Crippen LogP contribution in [0.1, 0.15) is 18.5 Å². The zero-order valence-corrected chi connectivity index (χ0v) is 10.3. The van der Waals surface area contributed by atoms with Crippen LogP contribution in [0, 0.1) is 18.3 Å². The van der Waals surface area contributed by atoms with Crippen LogP contribution in [0.2, 0.25) is 0 Å². The Labute approximate surface area is 103 Å². The number of anilines is 1. The van der Waals surface area contributed by atoms with Gasteiger partial charge in [-0.25, -0.2) is 0 Å². The third-order valence-electron chi connectivity index (χ3n) is 2.98. The van der Waals surface area contributed by atoms with Crippen molar-refractivity contribution in [3.8, 4) is 12.3 Å². The van der Waals surface area contributed by atoms with E-state index in [1.54, 1.807) is 0 Å². The molecule has 0 aromatic carbocycles. The van der Waals surface area contributed by atoms with E-state index < -0.39 is 0 Å². The standard InChI is InChI=1S/C14H19N3/c1-3-8-17(11-12-4-5-12)14-6-7-16-13(9-14)10-15-2/h1,6-7,9,12,15H,4-5,8,10-11H2,2H3. The van der Waals surface area contributed by atoms with Crippen LogP contribution in [-0.4, -0.2) is 25.1 Å². The molecule has 1 heterocycles. The van der Waals surface area contributed by atoms with Gasteiger partial charge in [0.1, 0.15) is 0 Å². The Morgan fingerprint density at radius 3 is 3.06 bits per heavy atom. The van der Waals surface area contributed by atoms with Crippen LogP contribution >= 0.6 is 0 Å². The van der Waals surface area contributed by atoms with E-state index in [0.717, 1.165) is 24.7 Å². The van der Waals surface area contributed by atoms with Crippen molar-refractivity contribution in [3.63, 3.8) is 0 Å². The highest BCUT2D eigenvalue weighted by Crippen LogP contribution is 2.31. The molecule has 0 aliphatic heterocycles. The van der Waals surface area contributed by atoms with Gasteiger partial charge in [0.15, 0.2) is 0 Å². The topological polar surface area (TPSA) is 28.2 Å². The molecular weight excluding hydrogens is 210 g/mol. The Bertz CT molecular complexity index is 404. The molecule has 0 unspecified atom stereocenters. The number of terminal acetylenes is 1. The van der Waals surface area contributed by atoms with Crippen LogP contribution in [0.15, 0.2) is 18.3 Å². The first-order chi connectivity index (χ1) is 8.33. The second-order valence-electron chi connectivity index (χ2n) is 4.56. The van der Waals surface area contributed by atoms with Gasteiger partial charge in [-0.3, -0.25) is 4.98 Å². The maximum Gasteiger partial charge on any atom is 0.0791 e. The molecule has 1 aromatic rings. The normalized spacial score (nSPS) is 14.4. The first kappa shape index (κ1) is 11.9. The summed E-state index contributed by atoms with van der Waals surface area (Å²) in [6.45, 7) is 2.55.